The van der Waals surface area contributed by atoms with Gasteiger partial charge in [0.1, 0.15) is 5.75 Å². The first-order valence-corrected chi connectivity index (χ1v) is 8.26. The van der Waals surface area contributed by atoms with Crippen LogP contribution in [0.1, 0.15) is 12.8 Å². The van der Waals surface area contributed by atoms with Crippen LogP contribution in [0.3, 0.4) is 0 Å². The molecule has 1 fully saturated rings. The zero-order valence-electron chi connectivity index (χ0n) is 11.6. The van der Waals surface area contributed by atoms with Gasteiger partial charge < -0.3 is 15.4 Å². The Labute approximate surface area is 124 Å². The molecule has 110 valence electrons. The van der Waals surface area contributed by atoms with Crippen molar-refractivity contribution in [3.63, 3.8) is 0 Å². The van der Waals surface area contributed by atoms with Gasteiger partial charge in [-0.25, -0.2) is 0 Å². The topological polar surface area (TPSA) is 50.4 Å². The van der Waals surface area contributed by atoms with Crippen LogP contribution in [0.2, 0.25) is 0 Å². The van der Waals surface area contributed by atoms with Crippen LogP contribution in [0.5, 0.6) is 5.75 Å². The summed E-state index contributed by atoms with van der Waals surface area (Å²) in [6.45, 7) is 2.31. The van der Waals surface area contributed by atoms with Crippen molar-refractivity contribution in [2.24, 2.45) is 0 Å². The molecule has 1 atom stereocenters. The monoisotopic (exact) mass is 294 g/mol. The molecule has 0 saturated carbocycles. The molecule has 1 aliphatic rings. The van der Waals surface area contributed by atoms with Crippen LogP contribution in [-0.2, 0) is 4.79 Å². The second-order valence-corrected chi connectivity index (χ2v) is 5.94. The third-order valence-electron chi connectivity index (χ3n) is 3.09. The normalized spacial score (nSPS) is 18.5. The Morgan fingerprint density at radius 3 is 3.00 bits per heavy atom. The molecule has 0 aliphatic carbocycles. The standard InChI is InChI=1S/C15H22N2O2S/c18-15(11-13-12-20-10-8-16-13)17-7-4-9-19-14-5-2-1-3-6-14/h1-3,5-6,13,16H,4,7-12H2,(H,17,18). The molecule has 0 radical (unpaired) electrons. The van der Waals surface area contributed by atoms with E-state index in [1.54, 1.807) is 0 Å². The maximum Gasteiger partial charge on any atom is 0.221 e. The number of amides is 1. The summed E-state index contributed by atoms with van der Waals surface area (Å²) >= 11 is 1.91. The van der Waals surface area contributed by atoms with E-state index in [0.717, 1.165) is 30.2 Å². The largest absolute Gasteiger partial charge is 0.494 e. The molecule has 1 aliphatic heterocycles. The molecular formula is C15H22N2O2S. The highest BCUT2D eigenvalue weighted by molar-refractivity contribution is 7.99. The van der Waals surface area contributed by atoms with Gasteiger partial charge in [-0.2, -0.15) is 11.8 Å². The summed E-state index contributed by atoms with van der Waals surface area (Å²) in [5.41, 5.74) is 0. The molecule has 1 aromatic rings. The van der Waals surface area contributed by atoms with Gasteiger partial charge in [0, 0.05) is 37.1 Å². The number of carbonyl (C=O) groups is 1. The van der Waals surface area contributed by atoms with E-state index in [-0.39, 0.29) is 5.91 Å². The number of rotatable bonds is 7. The lowest BCUT2D eigenvalue weighted by molar-refractivity contribution is -0.121. The van der Waals surface area contributed by atoms with E-state index in [2.05, 4.69) is 10.6 Å². The molecule has 1 aromatic carbocycles. The molecule has 2 N–H and O–H groups in total. The highest BCUT2D eigenvalue weighted by Gasteiger charge is 2.16. The molecule has 1 unspecified atom stereocenters. The zero-order valence-corrected chi connectivity index (χ0v) is 12.5. The van der Waals surface area contributed by atoms with Crippen molar-refractivity contribution in [3.05, 3.63) is 30.3 Å². The summed E-state index contributed by atoms with van der Waals surface area (Å²) in [5.74, 6) is 3.19. The van der Waals surface area contributed by atoms with Gasteiger partial charge in [-0.15, -0.1) is 0 Å². The number of benzene rings is 1. The van der Waals surface area contributed by atoms with E-state index in [9.17, 15) is 4.79 Å². The number of carbonyl (C=O) groups excluding carboxylic acids is 1. The minimum atomic E-state index is 0.129. The molecule has 20 heavy (non-hydrogen) atoms. The maximum absolute atomic E-state index is 11.7. The fraction of sp³-hybridized carbons (Fsp3) is 0.533. The summed E-state index contributed by atoms with van der Waals surface area (Å²) in [6.07, 6.45) is 1.40. The first-order chi connectivity index (χ1) is 9.84. The molecular weight excluding hydrogens is 272 g/mol. The third-order valence-corrected chi connectivity index (χ3v) is 4.22. The minimum Gasteiger partial charge on any atom is -0.494 e. The van der Waals surface area contributed by atoms with Crippen LogP contribution < -0.4 is 15.4 Å². The van der Waals surface area contributed by atoms with Gasteiger partial charge in [-0.05, 0) is 18.6 Å². The van der Waals surface area contributed by atoms with Crippen molar-refractivity contribution in [3.8, 4) is 5.75 Å². The van der Waals surface area contributed by atoms with Gasteiger partial charge in [0.2, 0.25) is 5.91 Å². The predicted molar refractivity (Wildman–Crippen MR) is 83.3 cm³/mol. The van der Waals surface area contributed by atoms with Crippen molar-refractivity contribution >= 4 is 17.7 Å². The number of hydrogen-bond donors (Lipinski definition) is 2. The van der Waals surface area contributed by atoms with Crippen molar-refractivity contribution in [2.75, 3.05) is 31.2 Å². The Bertz CT molecular complexity index is 394. The van der Waals surface area contributed by atoms with Crippen molar-refractivity contribution in [1.82, 2.24) is 10.6 Å². The van der Waals surface area contributed by atoms with Gasteiger partial charge in [0.25, 0.3) is 0 Å². The van der Waals surface area contributed by atoms with E-state index in [4.69, 9.17) is 4.74 Å². The first kappa shape index (κ1) is 15.2. The SMILES string of the molecule is O=C(CC1CSCCN1)NCCCOc1ccccc1. The lowest BCUT2D eigenvalue weighted by Crippen LogP contribution is -2.41. The molecule has 4 nitrogen and oxygen atoms in total. The minimum absolute atomic E-state index is 0.129. The van der Waals surface area contributed by atoms with Crippen LogP contribution in [0, 0.1) is 0 Å². The quantitative estimate of drug-likeness (QED) is 0.751. The van der Waals surface area contributed by atoms with Crippen molar-refractivity contribution in [2.45, 2.75) is 18.9 Å². The lowest BCUT2D eigenvalue weighted by atomic mass is 10.2. The Hall–Kier alpha value is -1.20. The van der Waals surface area contributed by atoms with E-state index in [1.165, 1.54) is 0 Å². The average molecular weight is 294 g/mol. The first-order valence-electron chi connectivity index (χ1n) is 7.10. The summed E-state index contributed by atoms with van der Waals surface area (Å²) in [5, 5.41) is 6.31. The second-order valence-electron chi connectivity index (χ2n) is 4.80. The molecule has 1 amide bonds. The Kier molecular flexibility index (Phi) is 6.74. The van der Waals surface area contributed by atoms with E-state index < -0.39 is 0 Å². The van der Waals surface area contributed by atoms with E-state index in [0.29, 0.717) is 25.6 Å². The number of hydrogen-bond acceptors (Lipinski definition) is 4. The molecule has 1 heterocycles. The molecule has 0 aromatic heterocycles. The Balaban J connectivity index is 1.51. The molecule has 1 saturated heterocycles. The lowest BCUT2D eigenvalue weighted by Gasteiger charge is -2.22. The molecule has 0 spiro atoms. The molecule has 0 bridgehead atoms. The number of ether oxygens (including phenoxy) is 1. The van der Waals surface area contributed by atoms with Crippen LogP contribution >= 0.6 is 11.8 Å². The highest BCUT2D eigenvalue weighted by atomic mass is 32.2. The van der Waals surface area contributed by atoms with Gasteiger partial charge >= 0.3 is 0 Å². The number of para-hydroxylation sites is 1. The van der Waals surface area contributed by atoms with Gasteiger partial charge in [-0.1, -0.05) is 18.2 Å². The summed E-state index contributed by atoms with van der Waals surface area (Å²) in [7, 11) is 0. The fourth-order valence-electron chi connectivity index (χ4n) is 2.05. The van der Waals surface area contributed by atoms with Crippen LogP contribution in [0.15, 0.2) is 30.3 Å². The predicted octanol–water partition coefficient (Wildman–Crippen LogP) is 1.67. The molecule has 2 rings (SSSR count). The third kappa shape index (κ3) is 5.84. The zero-order chi connectivity index (χ0) is 14.0. The van der Waals surface area contributed by atoms with Gasteiger partial charge in [0.05, 0.1) is 6.61 Å². The smallest absolute Gasteiger partial charge is 0.221 e. The average Bonchev–Trinajstić information content (AvgIpc) is 2.49. The summed E-state index contributed by atoms with van der Waals surface area (Å²) < 4.78 is 5.57. The summed E-state index contributed by atoms with van der Waals surface area (Å²) in [6, 6.07) is 10.1. The maximum atomic E-state index is 11.7. The van der Waals surface area contributed by atoms with E-state index >= 15 is 0 Å². The van der Waals surface area contributed by atoms with Crippen LogP contribution in [0.25, 0.3) is 0 Å². The van der Waals surface area contributed by atoms with Crippen molar-refractivity contribution < 1.29 is 9.53 Å². The fourth-order valence-corrected chi connectivity index (χ4v) is 3.00. The second kappa shape index (κ2) is 8.87. The van der Waals surface area contributed by atoms with Gasteiger partial charge in [0.15, 0.2) is 0 Å². The van der Waals surface area contributed by atoms with Crippen LogP contribution in [0.4, 0.5) is 0 Å². The van der Waals surface area contributed by atoms with Gasteiger partial charge in [-0.3, -0.25) is 4.79 Å². The van der Waals surface area contributed by atoms with Crippen molar-refractivity contribution in [1.29, 1.82) is 0 Å². The van der Waals surface area contributed by atoms with Crippen LogP contribution in [-0.4, -0.2) is 43.2 Å². The number of thioether (sulfide) groups is 1. The summed E-state index contributed by atoms with van der Waals surface area (Å²) in [4.78, 5) is 11.7. The number of nitrogens with one attached hydrogen (secondary N) is 2. The Morgan fingerprint density at radius 1 is 1.40 bits per heavy atom. The highest BCUT2D eigenvalue weighted by Crippen LogP contribution is 2.10. The van der Waals surface area contributed by atoms with E-state index in [1.807, 2.05) is 42.1 Å². The Morgan fingerprint density at radius 2 is 2.25 bits per heavy atom. The molecule has 5 heteroatoms.